The first-order valence-electron chi connectivity index (χ1n) is 3.86. The Labute approximate surface area is 84.7 Å². The number of thiophene rings is 1. The van der Waals surface area contributed by atoms with Crippen LogP contribution in [-0.2, 0) is 0 Å². The third-order valence-electron chi connectivity index (χ3n) is 1.72. The van der Waals surface area contributed by atoms with Crippen molar-refractivity contribution in [3.8, 4) is 17.5 Å². The van der Waals surface area contributed by atoms with Crippen molar-refractivity contribution in [1.29, 1.82) is 5.26 Å². The van der Waals surface area contributed by atoms with Gasteiger partial charge in [-0.3, -0.25) is 0 Å². The van der Waals surface area contributed by atoms with Crippen LogP contribution in [0.2, 0.25) is 0 Å². The van der Waals surface area contributed by atoms with Gasteiger partial charge in [0.1, 0.15) is 17.5 Å². The Morgan fingerprint density at radius 2 is 2.36 bits per heavy atom. The van der Waals surface area contributed by atoms with E-state index in [9.17, 15) is 0 Å². The van der Waals surface area contributed by atoms with E-state index in [0.29, 0.717) is 11.4 Å². The largest absolute Gasteiger partial charge is 0.382 e. The molecule has 0 unspecified atom stereocenters. The van der Waals surface area contributed by atoms with E-state index in [2.05, 4.69) is 9.97 Å². The summed E-state index contributed by atoms with van der Waals surface area (Å²) in [6.07, 6.45) is 1.44. The fourth-order valence-corrected chi connectivity index (χ4v) is 1.65. The number of aromatic nitrogens is 2. The fraction of sp³-hybridized carbons (Fsp3) is 0. The maximum atomic E-state index is 8.63. The first-order chi connectivity index (χ1) is 6.81. The highest BCUT2D eigenvalue weighted by Crippen LogP contribution is 2.19. The van der Waals surface area contributed by atoms with Gasteiger partial charge in [0.15, 0.2) is 5.82 Å². The zero-order valence-electron chi connectivity index (χ0n) is 7.14. The highest BCUT2D eigenvalue weighted by atomic mass is 32.1. The van der Waals surface area contributed by atoms with E-state index in [1.54, 1.807) is 11.3 Å². The quantitative estimate of drug-likeness (QED) is 0.763. The fourth-order valence-electron chi connectivity index (χ4n) is 1.01. The van der Waals surface area contributed by atoms with E-state index >= 15 is 0 Å². The van der Waals surface area contributed by atoms with E-state index in [0.717, 1.165) is 5.56 Å². The van der Waals surface area contributed by atoms with Gasteiger partial charge in [-0.05, 0) is 11.4 Å². The average Bonchev–Trinajstić information content (AvgIpc) is 2.70. The lowest BCUT2D eigenvalue weighted by Gasteiger charge is -1.98. The second kappa shape index (κ2) is 3.44. The van der Waals surface area contributed by atoms with E-state index in [1.807, 2.05) is 22.9 Å². The molecule has 14 heavy (non-hydrogen) atoms. The van der Waals surface area contributed by atoms with Crippen LogP contribution in [0.15, 0.2) is 23.0 Å². The molecule has 2 heterocycles. The molecule has 0 aliphatic carbocycles. The molecule has 2 rings (SSSR count). The van der Waals surface area contributed by atoms with Gasteiger partial charge < -0.3 is 5.73 Å². The van der Waals surface area contributed by atoms with Crippen molar-refractivity contribution in [2.45, 2.75) is 0 Å². The molecule has 0 saturated heterocycles. The van der Waals surface area contributed by atoms with Crippen LogP contribution in [0.3, 0.4) is 0 Å². The summed E-state index contributed by atoms with van der Waals surface area (Å²) < 4.78 is 0. The van der Waals surface area contributed by atoms with Gasteiger partial charge in [0, 0.05) is 10.9 Å². The Morgan fingerprint density at radius 3 is 2.93 bits per heavy atom. The monoisotopic (exact) mass is 202 g/mol. The van der Waals surface area contributed by atoms with Gasteiger partial charge in [0.2, 0.25) is 0 Å². The highest BCUT2D eigenvalue weighted by Gasteiger charge is 2.05. The molecule has 4 nitrogen and oxygen atoms in total. The summed E-state index contributed by atoms with van der Waals surface area (Å²) in [6.45, 7) is 0. The SMILES string of the molecule is N#Cc1cnc(-c2ccsc2)nc1N. The number of hydrogen-bond donors (Lipinski definition) is 1. The summed E-state index contributed by atoms with van der Waals surface area (Å²) in [4.78, 5) is 8.08. The van der Waals surface area contributed by atoms with Crippen molar-refractivity contribution >= 4 is 17.2 Å². The Hall–Kier alpha value is -1.93. The first kappa shape index (κ1) is 8.66. The second-order valence-corrected chi connectivity index (χ2v) is 3.40. The van der Waals surface area contributed by atoms with E-state index < -0.39 is 0 Å². The van der Waals surface area contributed by atoms with Crippen LogP contribution in [0.4, 0.5) is 5.82 Å². The van der Waals surface area contributed by atoms with Crippen molar-refractivity contribution in [1.82, 2.24) is 9.97 Å². The molecule has 2 N–H and O–H groups in total. The van der Waals surface area contributed by atoms with E-state index in [-0.39, 0.29) is 5.82 Å². The van der Waals surface area contributed by atoms with Crippen LogP contribution in [-0.4, -0.2) is 9.97 Å². The van der Waals surface area contributed by atoms with Gasteiger partial charge in [0.05, 0.1) is 6.20 Å². The maximum absolute atomic E-state index is 8.63. The summed E-state index contributed by atoms with van der Waals surface area (Å²) in [5.41, 5.74) is 6.80. The second-order valence-electron chi connectivity index (χ2n) is 2.62. The number of nitrogens with zero attached hydrogens (tertiary/aromatic N) is 3. The summed E-state index contributed by atoms with van der Waals surface area (Å²) in [5.74, 6) is 0.784. The molecule has 0 amide bonds. The van der Waals surface area contributed by atoms with E-state index in [4.69, 9.17) is 11.0 Å². The molecule has 2 aromatic heterocycles. The topological polar surface area (TPSA) is 75.6 Å². The Kier molecular flexibility index (Phi) is 2.13. The van der Waals surface area contributed by atoms with Crippen LogP contribution >= 0.6 is 11.3 Å². The molecule has 0 bridgehead atoms. The van der Waals surface area contributed by atoms with Crippen LogP contribution in [0, 0.1) is 11.3 Å². The maximum Gasteiger partial charge on any atom is 0.162 e. The minimum atomic E-state index is 0.226. The number of nitriles is 1. The van der Waals surface area contributed by atoms with Gasteiger partial charge >= 0.3 is 0 Å². The third-order valence-corrected chi connectivity index (χ3v) is 2.40. The van der Waals surface area contributed by atoms with Crippen molar-refractivity contribution in [3.05, 3.63) is 28.6 Å². The van der Waals surface area contributed by atoms with Gasteiger partial charge in [-0.1, -0.05) is 0 Å². The number of rotatable bonds is 1. The summed E-state index contributed by atoms with van der Waals surface area (Å²) in [7, 11) is 0. The third kappa shape index (κ3) is 1.43. The van der Waals surface area contributed by atoms with Crippen molar-refractivity contribution < 1.29 is 0 Å². The number of nitrogens with two attached hydrogens (primary N) is 1. The zero-order valence-corrected chi connectivity index (χ0v) is 7.95. The summed E-state index contributed by atoms with van der Waals surface area (Å²) in [6, 6.07) is 3.83. The lowest BCUT2D eigenvalue weighted by molar-refractivity contribution is 1.17. The molecule has 0 atom stereocenters. The molecule has 0 aliphatic rings. The number of nitrogen functional groups attached to an aromatic ring is 1. The molecule has 68 valence electrons. The molecule has 0 radical (unpaired) electrons. The van der Waals surface area contributed by atoms with Crippen LogP contribution < -0.4 is 5.73 Å². The molecule has 0 aromatic carbocycles. The van der Waals surface area contributed by atoms with Crippen LogP contribution in [0.5, 0.6) is 0 Å². The molecular weight excluding hydrogens is 196 g/mol. The molecule has 0 saturated carbocycles. The van der Waals surface area contributed by atoms with Gasteiger partial charge in [-0.15, -0.1) is 0 Å². The lowest BCUT2D eigenvalue weighted by Crippen LogP contribution is -1.98. The zero-order chi connectivity index (χ0) is 9.97. The summed E-state index contributed by atoms with van der Waals surface area (Å²) in [5, 5.41) is 12.5. The average molecular weight is 202 g/mol. The molecule has 5 heteroatoms. The van der Waals surface area contributed by atoms with Gasteiger partial charge in [-0.25, -0.2) is 9.97 Å². The first-order valence-corrected chi connectivity index (χ1v) is 4.80. The van der Waals surface area contributed by atoms with Crippen LogP contribution in [0.1, 0.15) is 5.56 Å². The Balaban J connectivity index is 2.49. The molecule has 0 spiro atoms. The highest BCUT2D eigenvalue weighted by molar-refractivity contribution is 7.08. The Morgan fingerprint density at radius 1 is 1.50 bits per heavy atom. The Bertz CT molecular complexity index is 484. The van der Waals surface area contributed by atoms with Crippen molar-refractivity contribution in [3.63, 3.8) is 0 Å². The van der Waals surface area contributed by atoms with Gasteiger partial charge in [-0.2, -0.15) is 16.6 Å². The standard InChI is InChI=1S/C9H6N4S/c10-3-7-4-12-9(13-8(7)11)6-1-2-14-5-6/h1-2,4-5H,(H2,11,12,13). The normalized spacial score (nSPS) is 9.64. The van der Waals surface area contributed by atoms with Crippen molar-refractivity contribution in [2.24, 2.45) is 0 Å². The summed E-state index contributed by atoms with van der Waals surface area (Å²) >= 11 is 1.56. The van der Waals surface area contributed by atoms with E-state index in [1.165, 1.54) is 6.20 Å². The van der Waals surface area contributed by atoms with Crippen LogP contribution in [0.25, 0.3) is 11.4 Å². The smallest absolute Gasteiger partial charge is 0.162 e. The minimum Gasteiger partial charge on any atom is -0.382 e. The number of hydrogen-bond acceptors (Lipinski definition) is 5. The molecular formula is C9H6N4S. The van der Waals surface area contributed by atoms with Gasteiger partial charge in [0.25, 0.3) is 0 Å². The predicted molar refractivity (Wildman–Crippen MR) is 54.5 cm³/mol. The molecule has 0 fully saturated rings. The molecule has 0 aliphatic heterocycles. The number of anilines is 1. The lowest BCUT2D eigenvalue weighted by atomic mass is 10.3. The van der Waals surface area contributed by atoms with Crippen molar-refractivity contribution in [2.75, 3.05) is 5.73 Å². The minimum absolute atomic E-state index is 0.226. The molecule has 2 aromatic rings. The predicted octanol–water partition coefficient (Wildman–Crippen LogP) is 1.66.